The number of esters is 2. The van der Waals surface area contributed by atoms with E-state index in [2.05, 4.69) is 41.5 Å². The molecular formula is C48H76O8. The first kappa shape index (κ1) is 50.3. The van der Waals surface area contributed by atoms with Crippen LogP contribution < -0.4 is 0 Å². The molecular weight excluding hydrogens is 705 g/mol. The number of carboxylic acid groups (broad SMARTS) is 2. The van der Waals surface area contributed by atoms with Crippen LogP contribution in [-0.4, -0.2) is 47.3 Å². The Kier molecular flexibility index (Phi) is 28.2. The van der Waals surface area contributed by atoms with Crippen LogP contribution in [0.15, 0.2) is 36.4 Å². The minimum atomic E-state index is -0.956. The lowest BCUT2D eigenvalue weighted by molar-refractivity contribution is 0.0414. The second-order valence-corrected chi connectivity index (χ2v) is 15.4. The van der Waals surface area contributed by atoms with Gasteiger partial charge in [-0.15, -0.1) is 0 Å². The number of unbranched alkanes of at least 4 members (excludes halogenated alkanes) is 12. The van der Waals surface area contributed by atoms with Crippen LogP contribution in [-0.2, 0) is 22.3 Å². The summed E-state index contributed by atoms with van der Waals surface area (Å²) in [7, 11) is 0. The third kappa shape index (κ3) is 20.5. The Morgan fingerprint density at radius 2 is 0.786 bits per heavy atom. The van der Waals surface area contributed by atoms with E-state index in [-0.39, 0.29) is 23.1 Å². The lowest BCUT2D eigenvalue weighted by Crippen LogP contribution is -2.15. The van der Waals surface area contributed by atoms with E-state index >= 15 is 0 Å². The molecule has 0 bridgehead atoms. The monoisotopic (exact) mass is 781 g/mol. The maximum atomic E-state index is 12.2. The lowest BCUT2D eigenvalue weighted by atomic mass is 9.88. The fourth-order valence-electron chi connectivity index (χ4n) is 6.92. The summed E-state index contributed by atoms with van der Waals surface area (Å²) in [4.78, 5) is 47.9. The molecule has 0 aliphatic heterocycles. The van der Waals surface area contributed by atoms with Crippen LogP contribution in [0.5, 0.6) is 0 Å². The standard InChI is InChI=1S/2C24H38O4/c1-5-9-11-19(7-3)17-27-23(25)21-13-15-22(16-14-21)24(26)28-18-20(8-4)12-10-6-2;1-3-5-7-9-11-13-15-19-20(16-14-12-10-8-6-4-2)22(24(27)28)18-17-21(19)23(25)26/h13-16,19-20H,5-12,17-18H2,1-4H3;17-18H,3-16H2,1-2H3,(H,25,26)(H,27,28). The van der Waals surface area contributed by atoms with Gasteiger partial charge in [-0.05, 0) is 97.9 Å². The summed E-state index contributed by atoms with van der Waals surface area (Å²) in [6.45, 7) is 13.9. The Bertz CT molecular complexity index is 1280. The molecule has 0 radical (unpaired) electrons. The Morgan fingerprint density at radius 1 is 0.464 bits per heavy atom. The van der Waals surface area contributed by atoms with Crippen LogP contribution in [0.25, 0.3) is 0 Å². The van der Waals surface area contributed by atoms with E-state index in [1.807, 2.05) is 0 Å². The molecule has 2 aromatic carbocycles. The summed E-state index contributed by atoms with van der Waals surface area (Å²) in [5.74, 6) is -1.75. The minimum Gasteiger partial charge on any atom is -0.478 e. The zero-order valence-corrected chi connectivity index (χ0v) is 35.9. The van der Waals surface area contributed by atoms with Crippen molar-refractivity contribution in [3.63, 3.8) is 0 Å². The molecule has 2 N–H and O–H groups in total. The highest BCUT2D eigenvalue weighted by Crippen LogP contribution is 2.26. The van der Waals surface area contributed by atoms with Crippen LogP contribution >= 0.6 is 0 Å². The Morgan fingerprint density at radius 3 is 1.09 bits per heavy atom. The molecule has 0 saturated carbocycles. The predicted octanol–water partition coefficient (Wildman–Crippen LogP) is 13.3. The Balaban J connectivity index is 0.000000560. The number of carboxylic acids is 2. The molecule has 0 aliphatic carbocycles. The van der Waals surface area contributed by atoms with Crippen molar-refractivity contribution in [2.24, 2.45) is 11.8 Å². The van der Waals surface area contributed by atoms with Gasteiger partial charge in [0.25, 0.3) is 0 Å². The summed E-state index contributed by atoms with van der Waals surface area (Å²) >= 11 is 0. The van der Waals surface area contributed by atoms with Crippen LogP contribution in [0.4, 0.5) is 0 Å². The first-order valence-electron chi connectivity index (χ1n) is 22.1. The zero-order chi connectivity index (χ0) is 41.6. The number of ether oxygens (including phenoxy) is 2. The van der Waals surface area contributed by atoms with E-state index in [0.29, 0.717) is 49.0 Å². The van der Waals surface area contributed by atoms with Crippen molar-refractivity contribution in [2.45, 2.75) is 183 Å². The Labute approximate surface area is 339 Å². The van der Waals surface area contributed by atoms with E-state index in [0.717, 1.165) is 101 Å². The lowest BCUT2D eigenvalue weighted by Gasteiger charge is -2.16. The average Bonchev–Trinajstić information content (AvgIpc) is 3.20. The van der Waals surface area contributed by atoms with Gasteiger partial charge in [-0.25, -0.2) is 19.2 Å². The average molecular weight is 781 g/mol. The van der Waals surface area contributed by atoms with Gasteiger partial charge in [-0.3, -0.25) is 0 Å². The summed E-state index contributed by atoms with van der Waals surface area (Å²) < 4.78 is 10.9. The molecule has 2 unspecified atom stereocenters. The number of aromatic carboxylic acids is 2. The van der Waals surface area contributed by atoms with Gasteiger partial charge in [-0.1, -0.05) is 144 Å². The third-order valence-corrected chi connectivity index (χ3v) is 10.8. The molecule has 0 heterocycles. The molecule has 2 rings (SSSR count). The second-order valence-electron chi connectivity index (χ2n) is 15.4. The normalized spacial score (nSPS) is 12.0. The third-order valence-electron chi connectivity index (χ3n) is 10.8. The van der Waals surface area contributed by atoms with Crippen molar-refractivity contribution < 1.29 is 38.9 Å². The summed E-state index contributed by atoms with van der Waals surface area (Å²) in [6.07, 6.45) is 23.7. The van der Waals surface area contributed by atoms with Gasteiger partial charge < -0.3 is 19.7 Å². The highest BCUT2D eigenvalue weighted by Gasteiger charge is 2.21. The molecule has 0 saturated heterocycles. The molecule has 2 aromatic rings. The first-order chi connectivity index (χ1) is 27.1. The van der Waals surface area contributed by atoms with Crippen LogP contribution in [0, 0.1) is 11.8 Å². The van der Waals surface area contributed by atoms with E-state index in [1.54, 1.807) is 24.3 Å². The van der Waals surface area contributed by atoms with Gasteiger partial charge in [0.1, 0.15) is 0 Å². The van der Waals surface area contributed by atoms with Gasteiger partial charge in [-0.2, -0.15) is 0 Å². The minimum absolute atomic E-state index is 0.277. The molecule has 0 spiro atoms. The van der Waals surface area contributed by atoms with Crippen molar-refractivity contribution in [3.05, 3.63) is 69.8 Å². The van der Waals surface area contributed by atoms with Gasteiger partial charge >= 0.3 is 23.9 Å². The molecule has 0 fully saturated rings. The number of benzene rings is 2. The van der Waals surface area contributed by atoms with E-state index in [1.165, 1.54) is 50.7 Å². The number of hydrogen-bond acceptors (Lipinski definition) is 6. The molecule has 0 aliphatic rings. The predicted molar refractivity (Wildman–Crippen MR) is 228 cm³/mol. The molecule has 316 valence electrons. The van der Waals surface area contributed by atoms with Gasteiger partial charge in [0, 0.05) is 0 Å². The van der Waals surface area contributed by atoms with E-state index in [4.69, 9.17) is 9.47 Å². The largest absolute Gasteiger partial charge is 0.478 e. The highest BCUT2D eigenvalue weighted by molar-refractivity contribution is 5.95. The number of carbonyl (C=O) groups excluding carboxylic acids is 2. The van der Waals surface area contributed by atoms with E-state index in [9.17, 15) is 29.4 Å². The fraction of sp³-hybridized carbons (Fsp3) is 0.667. The van der Waals surface area contributed by atoms with Crippen molar-refractivity contribution in [2.75, 3.05) is 13.2 Å². The number of rotatable bonds is 30. The molecule has 8 heteroatoms. The molecule has 2 atom stereocenters. The maximum absolute atomic E-state index is 12.2. The SMILES string of the molecule is CCCCC(CC)COC(=O)c1ccc(C(=O)OCC(CC)CCCC)cc1.CCCCCCCCc1c(C(=O)O)ccc(C(=O)O)c1CCCCCCCC. The van der Waals surface area contributed by atoms with Crippen LogP contribution in [0.2, 0.25) is 0 Å². The second kappa shape index (κ2) is 31.4. The molecule has 0 aromatic heterocycles. The van der Waals surface area contributed by atoms with Crippen LogP contribution in [0.1, 0.15) is 223 Å². The van der Waals surface area contributed by atoms with Crippen molar-refractivity contribution >= 4 is 23.9 Å². The number of hydrogen-bond donors (Lipinski definition) is 2. The molecule has 0 amide bonds. The first-order valence-corrected chi connectivity index (χ1v) is 22.1. The van der Waals surface area contributed by atoms with Crippen molar-refractivity contribution in [1.82, 2.24) is 0 Å². The summed E-state index contributed by atoms with van der Waals surface area (Å²) in [5, 5.41) is 19.2. The van der Waals surface area contributed by atoms with Gasteiger partial charge in [0.2, 0.25) is 0 Å². The van der Waals surface area contributed by atoms with Crippen molar-refractivity contribution in [1.29, 1.82) is 0 Å². The van der Waals surface area contributed by atoms with Crippen LogP contribution in [0.3, 0.4) is 0 Å². The summed E-state index contributed by atoms with van der Waals surface area (Å²) in [5.41, 5.74) is 2.99. The smallest absolute Gasteiger partial charge is 0.338 e. The van der Waals surface area contributed by atoms with Gasteiger partial charge in [0.05, 0.1) is 35.5 Å². The number of carbonyl (C=O) groups is 4. The zero-order valence-electron chi connectivity index (χ0n) is 35.9. The maximum Gasteiger partial charge on any atom is 0.338 e. The highest BCUT2D eigenvalue weighted by atomic mass is 16.5. The van der Waals surface area contributed by atoms with Crippen molar-refractivity contribution in [3.8, 4) is 0 Å². The quantitative estimate of drug-likeness (QED) is 0.0592. The molecule has 56 heavy (non-hydrogen) atoms. The molecule has 8 nitrogen and oxygen atoms in total. The summed E-state index contributed by atoms with van der Waals surface area (Å²) in [6, 6.07) is 9.51. The topological polar surface area (TPSA) is 127 Å². The van der Waals surface area contributed by atoms with E-state index < -0.39 is 11.9 Å². The Hall–Kier alpha value is -3.68. The van der Waals surface area contributed by atoms with Gasteiger partial charge in [0.15, 0.2) is 0 Å². The fourth-order valence-corrected chi connectivity index (χ4v) is 6.92.